The number of aromatic nitrogens is 2. The molecule has 0 spiro atoms. The van der Waals surface area contributed by atoms with Gasteiger partial charge in [0.15, 0.2) is 0 Å². The van der Waals surface area contributed by atoms with Gasteiger partial charge in [0.1, 0.15) is 17.3 Å². The molecule has 1 atom stereocenters. The Morgan fingerprint density at radius 1 is 1.05 bits per heavy atom. The third-order valence-electron chi connectivity index (χ3n) is 7.22. The molecule has 5 aromatic rings. The Morgan fingerprint density at radius 3 is 2.72 bits per heavy atom. The first-order chi connectivity index (χ1) is 19.1. The van der Waals surface area contributed by atoms with Crippen molar-refractivity contribution in [3.63, 3.8) is 0 Å². The predicted molar refractivity (Wildman–Crippen MR) is 151 cm³/mol. The molecule has 39 heavy (non-hydrogen) atoms. The average Bonchev–Trinajstić information content (AvgIpc) is 3.61. The van der Waals surface area contributed by atoms with Gasteiger partial charge in [0.2, 0.25) is 0 Å². The van der Waals surface area contributed by atoms with Crippen LogP contribution < -0.4 is 15.5 Å². The molecule has 1 amide bonds. The fourth-order valence-corrected chi connectivity index (χ4v) is 5.29. The summed E-state index contributed by atoms with van der Waals surface area (Å²) in [7, 11) is 0. The summed E-state index contributed by atoms with van der Waals surface area (Å²) in [5, 5.41) is 6.15. The molecule has 8 heteroatoms. The van der Waals surface area contributed by atoms with Crippen LogP contribution in [-0.4, -0.2) is 46.8 Å². The van der Waals surface area contributed by atoms with Crippen LogP contribution in [0.15, 0.2) is 95.9 Å². The van der Waals surface area contributed by atoms with Gasteiger partial charge in [-0.2, -0.15) is 0 Å². The number of ketones is 1. The summed E-state index contributed by atoms with van der Waals surface area (Å²) in [6.07, 6.45) is 6.02. The summed E-state index contributed by atoms with van der Waals surface area (Å²) in [5.41, 5.74) is 4.80. The van der Waals surface area contributed by atoms with E-state index < -0.39 is 11.7 Å². The predicted octanol–water partition coefficient (Wildman–Crippen LogP) is 4.75. The number of fused-ring (bicyclic) bond motifs is 1. The van der Waals surface area contributed by atoms with E-state index in [4.69, 9.17) is 4.42 Å². The number of rotatable bonds is 7. The highest BCUT2D eigenvalue weighted by Crippen LogP contribution is 2.31. The minimum Gasteiger partial charge on any atom is -0.469 e. The molecule has 1 aliphatic rings. The molecule has 1 aromatic carbocycles. The average molecular weight is 520 g/mol. The molecule has 0 bridgehead atoms. The van der Waals surface area contributed by atoms with E-state index in [1.807, 2.05) is 73.7 Å². The van der Waals surface area contributed by atoms with E-state index >= 15 is 0 Å². The molecule has 0 saturated carbocycles. The van der Waals surface area contributed by atoms with Gasteiger partial charge in [0, 0.05) is 49.4 Å². The van der Waals surface area contributed by atoms with Gasteiger partial charge in [-0.15, -0.1) is 0 Å². The Bertz CT molecular complexity index is 1620. The normalized spacial score (nSPS) is 15.4. The van der Waals surface area contributed by atoms with Crippen LogP contribution in [0.3, 0.4) is 0 Å². The number of hydrogen-bond donors (Lipinski definition) is 2. The Balaban J connectivity index is 1.23. The number of Topliss-reactive ketones (excluding diaryl/α,β-unsaturated/α-hetero) is 1. The van der Waals surface area contributed by atoms with Crippen molar-refractivity contribution in [2.24, 2.45) is 0 Å². The van der Waals surface area contributed by atoms with Crippen LogP contribution in [0.2, 0.25) is 0 Å². The van der Waals surface area contributed by atoms with Crippen LogP contribution in [0.5, 0.6) is 0 Å². The smallest absolute Gasteiger partial charge is 0.299 e. The summed E-state index contributed by atoms with van der Waals surface area (Å²) in [4.78, 5) is 33.5. The summed E-state index contributed by atoms with van der Waals surface area (Å²) in [6, 6.07) is 23.3. The number of nitrogens with zero attached hydrogens (tertiary/aromatic N) is 3. The molecular formula is C31H29N5O3. The molecule has 1 saturated heterocycles. The van der Waals surface area contributed by atoms with Crippen molar-refractivity contribution in [2.75, 3.05) is 29.9 Å². The quantitative estimate of drug-likeness (QED) is 0.238. The number of piperazine rings is 1. The van der Waals surface area contributed by atoms with Crippen LogP contribution in [0.25, 0.3) is 16.6 Å². The number of anilines is 2. The van der Waals surface area contributed by atoms with Crippen LogP contribution >= 0.6 is 0 Å². The van der Waals surface area contributed by atoms with Crippen molar-refractivity contribution in [1.29, 1.82) is 0 Å². The molecule has 0 radical (unpaired) electrons. The number of pyridine rings is 2. The van der Waals surface area contributed by atoms with Crippen molar-refractivity contribution in [2.45, 2.75) is 19.4 Å². The van der Waals surface area contributed by atoms with Crippen LogP contribution in [0, 0.1) is 6.92 Å². The van der Waals surface area contributed by atoms with Gasteiger partial charge < -0.3 is 24.4 Å². The first-order valence-corrected chi connectivity index (χ1v) is 13.1. The molecule has 1 fully saturated rings. The van der Waals surface area contributed by atoms with Gasteiger partial charge >= 0.3 is 0 Å². The Morgan fingerprint density at radius 2 is 1.92 bits per heavy atom. The van der Waals surface area contributed by atoms with E-state index in [2.05, 4.69) is 20.5 Å². The molecular weight excluding hydrogens is 490 g/mol. The number of benzene rings is 1. The Hall–Kier alpha value is -4.69. The molecule has 0 aliphatic carbocycles. The zero-order valence-electron chi connectivity index (χ0n) is 21.6. The molecule has 6 rings (SSSR count). The largest absolute Gasteiger partial charge is 0.469 e. The topological polar surface area (TPSA) is 91.9 Å². The lowest BCUT2D eigenvalue weighted by molar-refractivity contribution is -0.112. The molecule has 5 heterocycles. The van der Waals surface area contributed by atoms with Crippen molar-refractivity contribution in [3.05, 3.63) is 108 Å². The number of aryl methyl sites for hydroxylation is 1. The first kappa shape index (κ1) is 24.6. The van der Waals surface area contributed by atoms with Gasteiger partial charge in [-0.1, -0.05) is 30.3 Å². The van der Waals surface area contributed by atoms with Crippen molar-refractivity contribution in [3.8, 4) is 11.1 Å². The van der Waals surface area contributed by atoms with Crippen LogP contribution in [-0.2, 0) is 11.2 Å². The van der Waals surface area contributed by atoms with E-state index in [1.165, 1.54) is 0 Å². The lowest BCUT2D eigenvalue weighted by atomic mass is 9.99. The van der Waals surface area contributed by atoms with Crippen molar-refractivity contribution in [1.82, 2.24) is 14.7 Å². The minimum absolute atomic E-state index is 0.219. The van der Waals surface area contributed by atoms with Gasteiger partial charge in [0.25, 0.3) is 11.7 Å². The maximum atomic E-state index is 13.6. The maximum absolute atomic E-state index is 13.6. The van der Waals surface area contributed by atoms with Crippen molar-refractivity contribution < 1.29 is 14.0 Å². The number of hydrogen-bond acceptors (Lipinski definition) is 6. The lowest BCUT2D eigenvalue weighted by Crippen LogP contribution is -2.52. The number of carbonyl (C=O) groups is 2. The second-order valence-corrected chi connectivity index (χ2v) is 9.74. The molecule has 1 aliphatic heterocycles. The van der Waals surface area contributed by atoms with Crippen molar-refractivity contribution >= 4 is 28.7 Å². The van der Waals surface area contributed by atoms with E-state index in [0.29, 0.717) is 11.5 Å². The maximum Gasteiger partial charge on any atom is 0.299 e. The van der Waals surface area contributed by atoms with E-state index in [-0.39, 0.29) is 6.04 Å². The van der Waals surface area contributed by atoms with E-state index in [0.717, 1.165) is 59.7 Å². The van der Waals surface area contributed by atoms with Gasteiger partial charge in [-0.3, -0.25) is 9.59 Å². The summed E-state index contributed by atoms with van der Waals surface area (Å²) in [5.74, 6) is -0.0853. The highest BCUT2D eigenvalue weighted by molar-refractivity contribution is 6.47. The number of nitrogens with one attached hydrogen (secondary N) is 2. The highest BCUT2D eigenvalue weighted by atomic mass is 16.3. The Kier molecular flexibility index (Phi) is 6.69. The van der Waals surface area contributed by atoms with Gasteiger partial charge in [-0.05, 0) is 60.5 Å². The second-order valence-electron chi connectivity index (χ2n) is 9.74. The number of carbonyl (C=O) groups excluding carboxylic acids is 2. The van der Waals surface area contributed by atoms with E-state index in [9.17, 15) is 9.59 Å². The molecule has 8 nitrogen and oxygen atoms in total. The summed E-state index contributed by atoms with van der Waals surface area (Å²) in [6.45, 7) is 4.54. The van der Waals surface area contributed by atoms with Gasteiger partial charge in [0.05, 0.1) is 18.1 Å². The van der Waals surface area contributed by atoms with E-state index in [1.54, 1.807) is 29.1 Å². The fraction of sp³-hybridized carbons (Fsp3) is 0.194. The molecule has 1 unspecified atom stereocenters. The second kappa shape index (κ2) is 10.6. The number of furan rings is 1. The minimum atomic E-state index is -0.730. The van der Waals surface area contributed by atoms with Gasteiger partial charge in [-0.25, -0.2) is 4.98 Å². The number of amides is 1. The summed E-state index contributed by atoms with van der Waals surface area (Å²) >= 11 is 0. The lowest BCUT2D eigenvalue weighted by Gasteiger charge is -2.37. The highest BCUT2D eigenvalue weighted by Gasteiger charge is 2.27. The third kappa shape index (κ3) is 4.94. The third-order valence-corrected chi connectivity index (χ3v) is 7.22. The SMILES string of the molecule is Cc1ccccc1-c1cc2ccccn2c1C(=O)C(=O)Nc1ccc(N2CCNCC2Cc2ccco2)cn1. The summed E-state index contributed by atoms with van der Waals surface area (Å²) < 4.78 is 7.32. The zero-order valence-corrected chi connectivity index (χ0v) is 21.6. The van der Waals surface area contributed by atoms with Crippen LogP contribution in [0.1, 0.15) is 21.8 Å². The standard InChI is InChI=1S/C31H29N5O3/c1-21-7-2-3-10-26(21)27-18-22-8-4-5-14-36(22)29(27)30(37)31(38)34-28-12-11-23(20-33-28)35-15-13-32-19-24(35)17-25-9-6-16-39-25/h2-12,14,16,18,20,24,32H,13,15,17,19H2,1H3,(H,33,34,38). The van der Waals surface area contributed by atoms with Crippen LogP contribution in [0.4, 0.5) is 11.5 Å². The first-order valence-electron chi connectivity index (χ1n) is 13.1. The molecule has 196 valence electrons. The monoisotopic (exact) mass is 519 g/mol. The fourth-order valence-electron chi connectivity index (χ4n) is 5.29. The zero-order chi connectivity index (χ0) is 26.8. The molecule has 4 aromatic heterocycles. The Labute approximate surface area is 226 Å². The molecule has 2 N–H and O–H groups in total.